The second-order valence-electron chi connectivity index (χ2n) is 6.38. The van der Waals surface area contributed by atoms with E-state index in [9.17, 15) is 0 Å². The summed E-state index contributed by atoms with van der Waals surface area (Å²) in [5, 5.41) is 9.33. The van der Waals surface area contributed by atoms with Gasteiger partial charge in [-0.3, -0.25) is 4.40 Å². The van der Waals surface area contributed by atoms with Crippen LogP contribution in [0.4, 0.5) is 10.8 Å². The third kappa shape index (κ3) is 3.02. The Morgan fingerprint density at radius 3 is 2.70 bits per heavy atom. The minimum atomic E-state index is 0.473. The minimum Gasteiger partial charge on any atom is -0.378 e. The molecule has 1 aromatic carbocycles. The molecule has 0 bridgehead atoms. The van der Waals surface area contributed by atoms with Crippen LogP contribution >= 0.6 is 11.3 Å². The van der Waals surface area contributed by atoms with Gasteiger partial charge in [0, 0.05) is 42.2 Å². The van der Waals surface area contributed by atoms with Crippen LogP contribution in [-0.4, -0.2) is 45.9 Å². The summed E-state index contributed by atoms with van der Waals surface area (Å²) in [6.07, 6.45) is 3.99. The van der Waals surface area contributed by atoms with Crippen LogP contribution in [0.3, 0.4) is 0 Å². The molecule has 4 heterocycles. The molecule has 2 N–H and O–H groups in total. The van der Waals surface area contributed by atoms with Crippen molar-refractivity contribution in [3.05, 3.63) is 48.8 Å². The Kier molecular flexibility index (Phi) is 3.99. The molecule has 0 unspecified atom stereocenters. The van der Waals surface area contributed by atoms with E-state index in [4.69, 9.17) is 10.5 Å². The maximum Gasteiger partial charge on any atom is 0.203 e. The van der Waals surface area contributed by atoms with E-state index in [1.54, 1.807) is 0 Å². The van der Waals surface area contributed by atoms with Crippen LogP contribution in [0.5, 0.6) is 0 Å². The standard InChI is InChI=1S/C19H18N6OS/c20-19-23-22-18(27-19)14-3-1-2-13(10-14)16-12-21-17-11-15(4-5-25(16)17)24-6-8-26-9-7-24/h1-5,10-12H,6-9H2,(H2,20,23). The Hall–Kier alpha value is -2.97. The summed E-state index contributed by atoms with van der Waals surface area (Å²) in [6.45, 7) is 3.37. The van der Waals surface area contributed by atoms with Gasteiger partial charge < -0.3 is 15.4 Å². The molecule has 5 rings (SSSR count). The molecule has 0 aliphatic carbocycles. The monoisotopic (exact) mass is 378 g/mol. The average molecular weight is 378 g/mol. The summed E-state index contributed by atoms with van der Waals surface area (Å²) in [6, 6.07) is 12.5. The molecule has 1 aliphatic heterocycles. The van der Waals surface area contributed by atoms with Crippen molar-refractivity contribution in [3.63, 3.8) is 0 Å². The predicted molar refractivity (Wildman–Crippen MR) is 107 cm³/mol. The van der Waals surface area contributed by atoms with Crippen molar-refractivity contribution in [1.29, 1.82) is 0 Å². The largest absolute Gasteiger partial charge is 0.378 e. The van der Waals surface area contributed by atoms with E-state index in [1.807, 2.05) is 18.3 Å². The van der Waals surface area contributed by atoms with Crippen LogP contribution in [0.15, 0.2) is 48.8 Å². The number of morpholine rings is 1. The van der Waals surface area contributed by atoms with Gasteiger partial charge in [0.25, 0.3) is 0 Å². The summed E-state index contributed by atoms with van der Waals surface area (Å²) >= 11 is 1.39. The van der Waals surface area contributed by atoms with Gasteiger partial charge in [-0.1, -0.05) is 29.5 Å². The van der Waals surface area contributed by atoms with Crippen LogP contribution in [0, 0.1) is 0 Å². The lowest BCUT2D eigenvalue weighted by molar-refractivity contribution is 0.122. The number of nitrogens with zero attached hydrogens (tertiary/aromatic N) is 5. The van der Waals surface area contributed by atoms with Crippen molar-refractivity contribution in [2.45, 2.75) is 0 Å². The van der Waals surface area contributed by atoms with Gasteiger partial charge in [0.2, 0.25) is 5.13 Å². The Morgan fingerprint density at radius 2 is 1.89 bits per heavy atom. The molecular formula is C19H18N6OS. The first kappa shape index (κ1) is 16.2. The predicted octanol–water partition coefficient (Wildman–Crippen LogP) is 2.94. The quantitative estimate of drug-likeness (QED) is 0.590. The fourth-order valence-corrected chi connectivity index (χ4v) is 3.97. The van der Waals surface area contributed by atoms with Crippen LogP contribution in [0.1, 0.15) is 0 Å². The molecule has 1 fully saturated rings. The first-order valence-electron chi connectivity index (χ1n) is 8.77. The van der Waals surface area contributed by atoms with E-state index >= 15 is 0 Å². The maximum absolute atomic E-state index is 5.72. The molecule has 27 heavy (non-hydrogen) atoms. The number of nitrogens with two attached hydrogens (primary N) is 1. The second-order valence-corrected chi connectivity index (χ2v) is 7.39. The van der Waals surface area contributed by atoms with E-state index in [0.717, 1.165) is 53.8 Å². The van der Waals surface area contributed by atoms with Crippen LogP contribution in [0.2, 0.25) is 0 Å². The Morgan fingerprint density at radius 1 is 1.04 bits per heavy atom. The third-order valence-electron chi connectivity index (χ3n) is 4.72. The zero-order valence-corrected chi connectivity index (χ0v) is 15.4. The van der Waals surface area contributed by atoms with Gasteiger partial charge in [-0.2, -0.15) is 0 Å². The van der Waals surface area contributed by atoms with Crippen LogP contribution in [0.25, 0.3) is 27.5 Å². The van der Waals surface area contributed by atoms with E-state index in [2.05, 4.69) is 54.9 Å². The number of ether oxygens (including phenoxy) is 1. The molecule has 136 valence electrons. The number of imidazole rings is 1. The number of hydrogen-bond donors (Lipinski definition) is 1. The lowest BCUT2D eigenvalue weighted by Crippen LogP contribution is -2.36. The number of aromatic nitrogens is 4. The van der Waals surface area contributed by atoms with E-state index in [1.165, 1.54) is 17.0 Å². The van der Waals surface area contributed by atoms with Gasteiger partial charge in [0.15, 0.2) is 0 Å². The Labute approximate surface area is 160 Å². The normalized spacial score (nSPS) is 14.7. The van der Waals surface area contributed by atoms with Gasteiger partial charge in [-0.05, 0) is 12.1 Å². The molecule has 1 saturated heterocycles. The lowest BCUT2D eigenvalue weighted by Gasteiger charge is -2.28. The molecule has 0 amide bonds. The maximum atomic E-state index is 5.72. The fraction of sp³-hybridized carbons (Fsp3) is 0.211. The molecule has 3 aromatic heterocycles. The average Bonchev–Trinajstić information content (AvgIpc) is 3.34. The fourth-order valence-electron chi connectivity index (χ4n) is 3.36. The minimum absolute atomic E-state index is 0.473. The summed E-state index contributed by atoms with van der Waals surface area (Å²) in [5.74, 6) is 0. The Balaban J connectivity index is 1.52. The van der Waals surface area contributed by atoms with Crippen molar-refractivity contribution >= 4 is 27.8 Å². The van der Waals surface area contributed by atoms with Gasteiger partial charge in [-0.25, -0.2) is 4.98 Å². The molecule has 7 nitrogen and oxygen atoms in total. The highest BCUT2D eigenvalue weighted by molar-refractivity contribution is 7.18. The first-order chi connectivity index (χ1) is 13.3. The lowest BCUT2D eigenvalue weighted by atomic mass is 10.1. The number of anilines is 2. The van der Waals surface area contributed by atoms with Crippen molar-refractivity contribution in [3.8, 4) is 21.8 Å². The molecule has 0 saturated carbocycles. The van der Waals surface area contributed by atoms with Gasteiger partial charge >= 0.3 is 0 Å². The molecular weight excluding hydrogens is 360 g/mol. The topological polar surface area (TPSA) is 81.6 Å². The number of benzene rings is 1. The molecule has 1 aliphatic rings. The number of pyridine rings is 1. The van der Waals surface area contributed by atoms with Gasteiger partial charge in [0.1, 0.15) is 10.7 Å². The second kappa shape index (κ2) is 6.64. The summed E-state index contributed by atoms with van der Waals surface area (Å²) in [5.41, 5.74) is 10.9. The van der Waals surface area contributed by atoms with E-state index in [-0.39, 0.29) is 0 Å². The highest BCUT2D eigenvalue weighted by Crippen LogP contribution is 2.30. The van der Waals surface area contributed by atoms with E-state index in [0.29, 0.717) is 5.13 Å². The molecule has 4 aromatic rings. The third-order valence-corrected chi connectivity index (χ3v) is 5.52. The summed E-state index contributed by atoms with van der Waals surface area (Å²) in [7, 11) is 0. The number of hydrogen-bond acceptors (Lipinski definition) is 7. The number of rotatable bonds is 3. The van der Waals surface area contributed by atoms with Crippen LogP contribution in [-0.2, 0) is 4.74 Å². The van der Waals surface area contributed by atoms with Crippen molar-refractivity contribution in [1.82, 2.24) is 19.6 Å². The smallest absolute Gasteiger partial charge is 0.203 e. The highest BCUT2D eigenvalue weighted by atomic mass is 32.1. The number of fused-ring (bicyclic) bond motifs is 1. The number of nitrogen functional groups attached to an aromatic ring is 1. The SMILES string of the molecule is Nc1nnc(-c2cccc(-c3cnc4cc(N5CCOCC5)ccn34)c2)s1. The summed E-state index contributed by atoms with van der Waals surface area (Å²) in [4.78, 5) is 6.95. The van der Waals surface area contributed by atoms with E-state index < -0.39 is 0 Å². The molecule has 0 spiro atoms. The molecule has 8 heteroatoms. The van der Waals surface area contributed by atoms with Crippen molar-refractivity contribution in [2.24, 2.45) is 0 Å². The zero-order valence-electron chi connectivity index (χ0n) is 14.6. The zero-order chi connectivity index (χ0) is 18.2. The molecule has 0 atom stereocenters. The summed E-state index contributed by atoms with van der Waals surface area (Å²) < 4.78 is 7.55. The molecule has 0 radical (unpaired) electrons. The first-order valence-corrected chi connectivity index (χ1v) is 9.59. The van der Waals surface area contributed by atoms with Gasteiger partial charge in [-0.15, -0.1) is 10.2 Å². The van der Waals surface area contributed by atoms with Gasteiger partial charge in [0.05, 0.1) is 25.1 Å². The Bertz CT molecular complexity index is 1100. The highest BCUT2D eigenvalue weighted by Gasteiger charge is 2.14. The van der Waals surface area contributed by atoms with Crippen LogP contribution < -0.4 is 10.6 Å². The van der Waals surface area contributed by atoms with Crippen molar-refractivity contribution in [2.75, 3.05) is 36.9 Å². The van der Waals surface area contributed by atoms with Crippen molar-refractivity contribution < 1.29 is 4.74 Å².